The number of benzene rings is 3. The Hall–Kier alpha value is -3.57. The predicted octanol–water partition coefficient (Wildman–Crippen LogP) is 7.46. The summed E-state index contributed by atoms with van der Waals surface area (Å²) in [5.74, 6) is 0.459. The van der Waals surface area contributed by atoms with Gasteiger partial charge in [0.15, 0.2) is 5.43 Å². The van der Waals surface area contributed by atoms with Gasteiger partial charge in [-0.2, -0.15) is 0 Å². The number of rotatable bonds is 8. The lowest BCUT2D eigenvalue weighted by Gasteiger charge is -2.25. The van der Waals surface area contributed by atoms with Gasteiger partial charge in [0.25, 0.3) is 5.91 Å². The number of nitrogens with zero attached hydrogens (tertiary/aromatic N) is 1. The van der Waals surface area contributed by atoms with Crippen molar-refractivity contribution >= 4 is 34.2 Å². The van der Waals surface area contributed by atoms with Gasteiger partial charge in [0.2, 0.25) is 5.76 Å². The third-order valence-electron chi connectivity index (χ3n) is 6.57. The van der Waals surface area contributed by atoms with Gasteiger partial charge < -0.3 is 9.15 Å². The second kappa shape index (κ2) is 10.2. The first-order valence-electron chi connectivity index (χ1n) is 12.4. The van der Waals surface area contributed by atoms with Crippen LogP contribution in [-0.4, -0.2) is 12.5 Å². The van der Waals surface area contributed by atoms with E-state index in [1.807, 2.05) is 43.3 Å². The van der Waals surface area contributed by atoms with Crippen LogP contribution in [0.25, 0.3) is 11.0 Å². The number of ether oxygens (including phenoxy) is 1. The average Bonchev–Trinajstić information content (AvgIpc) is 3.17. The molecule has 0 saturated heterocycles. The molecule has 5 nitrogen and oxygen atoms in total. The highest BCUT2D eigenvalue weighted by Gasteiger charge is 2.43. The van der Waals surface area contributed by atoms with E-state index in [1.54, 1.807) is 35.2 Å². The molecule has 0 N–H and O–H groups in total. The van der Waals surface area contributed by atoms with Crippen molar-refractivity contribution in [2.75, 3.05) is 11.5 Å². The second-order valence-electron chi connectivity index (χ2n) is 9.21. The molecule has 1 aromatic heterocycles. The standard InChI is InChI=1S/C30H28ClNO4/c1-3-4-5-6-16-35-23-13-11-20(12-14-23)27-26-28(33)24-17-19(2)10-15-25(24)36-29(26)30(34)32(27)22-9-7-8-21(31)18-22/h7-15,17-18,27H,3-6,16H2,1-2H3. The lowest BCUT2D eigenvalue weighted by atomic mass is 9.98. The molecule has 1 aliphatic rings. The number of hydrogen-bond donors (Lipinski definition) is 0. The maximum Gasteiger partial charge on any atom is 0.295 e. The topological polar surface area (TPSA) is 59.8 Å². The number of anilines is 1. The van der Waals surface area contributed by atoms with E-state index in [2.05, 4.69) is 6.92 Å². The minimum absolute atomic E-state index is 0.0672. The van der Waals surface area contributed by atoms with Crippen LogP contribution < -0.4 is 15.1 Å². The van der Waals surface area contributed by atoms with Crippen LogP contribution in [-0.2, 0) is 0 Å². The van der Waals surface area contributed by atoms with Crippen molar-refractivity contribution < 1.29 is 13.9 Å². The molecular weight excluding hydrogens is 474 g/mol. The molecule has 3 aromatic carbocycles. The van der Waals surface area contributed by atoms with E-state index in [-0.39, 0.29) is 17.1 Å². The Bertz CT molecular complexity index is 1480. The molecule has 36 heavy (non-hydrogen) atoms. The molecule has 0 spiro atoms. The summed E-state index contributed by atoms with van der Waals surface area (Å²) in [7, 11) is 0. The smallest absolute Gasteiger partial charge is 0.295 e. The molecule has 0 bridgehead atoms. The molecule has 1 atom stereocenters. The molecule has 5 rings (SSSR count). The van der Waals surface area contributed by atoms with Crippen molar-refractivity contribution in [1.29, 1.82) is 0 Å². The van der Waals surface area contributed by atoms with Gasteiger partial charge in [-0.15, -0.1) is 0 Å². The van der Waals surface area contributed by atoms with Crippen molar-refractivity contribution in [3.05, 3.63) is 104 Å². The van der Waals surface area contributed by atoms with E-state index in [9.17, 15) is 9.59 Å². The molecule has 1 unspecified atom stereocenters. The van der Waals surface area contributed by atoms with Gasteiger partial charge in [-0.3, -0.25) is 14.5 Å². The molecule has 0 fully saturated rings. The molecule has 2 heterocycles. The molecular formula is C30H28ClNO4. The van der Waals surface area contributed by atoms with Gasteiger partial charge in [-0.25, -0.2) is 0 Å². The SMILES string of the molecule is CCCCCCOc1ccc(C2c3c(oc4ccc(C)cc4c3=O)C(=O)N2c2cccc(Cl)c2)cc1. The summed E-state index contributed by atoms with van der Waals surface area (Å²) < 4.78 is 12.0. The third kappa shape index (κ3) is 4.51. The summed E-state index contributed by atoms with van der Waals surface area (Å²) >= 11 is 6.27. The fourth-order valence-electron chi connectivity index (χ4n) is 4.76. The summed E-state index contributed by atoms with van der Waals surface area (Å²) in [6, 6.07) is 19.4. The molecule has 4 aromatic rings. The number of fused-ring (bicyclic) bond motifs is 2. The molecule has 0 aliphatic carbocycles. The van der Waals surface area contributed by atoms with Gasteiger partial charge in [-0.1, -0.05) is 67.6 Å². The summed E-state index contributed by atoms with van der Waals surface area (Å²) in [6.07, 6.45) is 4.54. The predicted molar refractivity (Wildman–Crippen MR) is 143 cm³/mol. The van der Waals surface area contributed by atoms with E-state index >= 15 is 0 Å². The van der Waals surface area contributed by atoms with Crippen molar-refractivity contribution in [1.82, 2.24) is 0 Å². The number of unbranched alkanes of at least 4 members (excludes halogenated alkanes) is 3. The molecule has 0 saturated carbocycles. The van der Waals surface area contributed by atoms with E-state index in [4.69, 9.17) is 20.8 Å². The minimum Gasteiger partial charge on any atom is -0.494 e. The maximum absolute atomic E-state index is 13.8. The molecule has 184 valence electrons. The molecule has 1 aliphatic heterocycles. The number of amides is 1. The van der Waals surface area contributed by atoms with Crippen LogP contribution in [0, 0.1) is 6.92 Å². The molecule has 6 heteroatoms. The Labute approximate surface area is 215 Å². The van der Waals surface area contributed by atoms with Crippen molar-refractivity contribution in [3.63, 3.8) is 0 Å². The quantitative estimate of drug-likeness (QED) is 0.235. The van der Waals surface area contributed by atoms with Crippen LogP contribution in [0.4, 0.5) is 5.69 Å². The second-order valence-corrected chi connectivity index (χ2v) is 9.65. The molecule has 1 amide bonds. The van der Waals surface area contributed by atoms with Crippen LogP contribution in [0.15, 0.2) is 75.9 Å². The van der Waals surface area contributed by atoms with Crippen molar-refractivity contribution in [2.24, 2.45) is 0 Å². The Kier molecular flexibility index (Phi) is 6.84. The van der Waals surface area contributed by atoms with Crippen LogP contribution >= 0.6 is 11.6 Å². The third-order valence-corrected chi connectivity index (χ3v) is 6.81. The van der Waals surface area contributed by atoms with E-state index in [0.29, 0.717) is 33.8 Å². The zero-order valence-electron chi connectivity index (χ0n) is 20.4. The first-order valence-corrected chi connectivity index (χ1v) is 12.7. The number of aryl methyl sites for hydroxylation is 1. The van der Waals surface area contributed by atoms with Crippen LogP contribution in [0.1, 0.15) is 65.9 Å². The van der Waals surface area contributed by atoms with Crippen molar-refractivity contribution in [3.8, 4) is 5.75 Å². The van der Waals surface area contributed by atoms with Gasteiger partial charge in [0.1, 0.15) is 11.3 Å². The van der Waals surface area contributed by atoms with E-state index in [1.165, 1.54) is 12.8 Å². The minimum atomic E-state index is -0.647. The number of hydrogen-bond acceptors (Lipinski definition) is 4. The first-order chi connectivity index (χ1) is 17.5. The largest absolute Gasteiger partial charge is 0.494 e. The monoisotopic (exact) mass is 501 g/mol. The summed E-state index contributed by atoms with van der Waals surface area (Å²) in [4.78, 5) is 29.0. The summed E-state index contributed by atoms with van der Waals surface area (Å²) in [5, 5.41) is 0.966. The van der Waals surface area contributed by atoms with Crippen LogP contribution in [0.2, 0.25) is 5.02 Å². The van der Waals surface area contributed by atoms with Gasteiger partial charge >= 0.3 is 0 Å². The average molecular weight is 502 g/mol. The Morgan fingerprint density at radius 2 is 1.78 bits per heavy atom. The van der Waals surface area contributed by atoms with Gasteiger partial charge in [0, 0.05) is 10.7 Å². The number of carbonyl (C=O) groups is 1. The van der Waals surface area contributed by atoms with Crippen molar-refractivity contribution in [2.45, 2.75) is 45.6 Å². The van der Waals surface area contributed by atoms with Gasteiger partial charge in [0.05, 0.1) is 23.6 Å². The maximum atomic E-state index is 13.8. The highest BCUT2D eigenvalue weighted by Crippen LogP contribution is 2.42. The Balaban J connectivity index is 1.58. The highest BCUT2D eigenvalue weighted by atomic mass is 35.5. The van der Waals surface area contributed by atoms with Gasteiger partial charge in [-0.05, 0) is 61.4 Å². The fraction of sp³-hybridized carbons (Fsp3) is 0.267. The number of carbonyl (C=O) groups excluding carboxylic acids is 1. The normalized spacial score (nSPS) is 14.9. The Morgan fingerprint density at radius 1 is 0.972 bits per heavy atom. The van der Waals surface area contributed by atoms with E-state index < -0.39 is 6.04 Å². The lowest BCUT2D eigenvalue weighted by Crippen LogP contribution is -2.29. The zero-order chi connectivity index (χ0) is 25.2. The number of halogens is 1. The van der Waals surface area contributed by atoms with Crippen LogP contribution in [0.5, 0.6) is 5.75 Å². The molecule has 0 radical (unpaired) electrons. The lowest BCUT2D eigenvalue weighted by molar-refractivity contribution is 0.0971. The Morgan fingerprint density at radius 3 is 2.53 bits per heavy atom. The highest BCUT2D eigenvalue weighted by molar-refractivity contribution is 6.31. The zero-order valence-corrected chi connectivity index (χ0v) is 21.2. The summed E-state index contributed by atoms with van der Waals surface area (Å²) in [6.45, 7) is 4.77. The fourth-order valence-corrected chi connectivity index (χ4v) is 4.94. The van der Waals surface area contributed by atoms with E-state index in [0.717, 1.165) is 29.7 Å². The summed E-state index contributed by atoms with van der Waals surface area (Å²) in [5.41, 5.74) is 2.87. The first kappa shape index (κ1) is 24.1. The van der Waals surface area contributed by atoms with Crippen LogP contribution in [0.3, 0.4) is 0 Å².